The number of carbonyl (C=O) groups is 1. The first-order chi connectivity index (χ1) is 11.0. The topological polar surface area (TPSA) is 29.5 Å². The quantitative estimate of drug-likeness (QED) is 0.682. The fraction of sp³-hybridized carbons (Fsp3) is 0.611. The zero-order chi connectivity index (χ0) is 18.1. The van der Waals surface area contributed by atoms with Crippen molar-refractivity contribution in [1.29, 1.82) is 0 Å². The van der Waals surface area contributed by atoms with Crippen LogP contribution in [0.15, 0.2) is 24.3 Å². The van der Waals surface area contributed by atoms with E-state index in [0.717, 1.165) is 18.6 Å². The maximum Gasteiger partial charge on any atom is 0.416 e. The van der Waals surface area contributed by atoms with Gasteiger partial charge in [0.05, 0.1) is 11.6 Å². The zero-order valence-corrected chi connectivity index (χ0v) is 14.5. The van der Waals surface area contributed by atoms with Gasteiger partial charge in [-0.15, -0.1) is 0 Å². The highest BCUT2D eigenvalue weighted by Crippen LogP contribution is 2.36. The number of hydrogen-bond acceptors (Lipinski definition) is 2. The van der Waals surface area contributed by atoms with Gasteiger partial charge in [0.2, 0.25) is 0 Å². The summed E-state index contributed by atoms with van der Waals surface area (Å²) in [6.45, 7) is 8.02. The summed E-state index contributed by atoms with van der Waals surface area (Å²) in [4.78, 5) is 14.1. The number of alkyl halides is 3. The molecule has 1 heterocycles. The van der Waals surface area contributed by atoms with Crippen molar-refractivity contribution in [1.82, 2.24) is 4.90 Å². The molecule has 3 nitrogen and oxygen atoms in total. The van der Waals surface area contributed by atoms with Crippen LogP contribution in [-0.2, 0) is 10.9 Å². The van der Waals surface area contributed by atoms with Crippen LogP contribution in [0.1, 0.15) is 57.7 Å². The van der Waals surface area contributed by atoms with Gasteiger partial charge in [0.1, 0.15) is 5.60 Å². The third-order valence-corrected chi connectivity index (χ3v) is 4.12. The number of benzene rings is 1. The van der Waals surface area contributed by atoms with E-state index in [1.165, 1.54) is 12.1 Å². The number of likely N-dealkylation sites (tertiary alicyclic amines) is 1. The van der Waals surface area contributed by atoms with Gasteiger partial charge < -0.3 is 9.64 Å². The van der Waals surface area contributed by atoms with Gasteiger partial charge in [-0.05, 0) is 57.2 Å². The van der Waals surface area contributed by atoms with Crippen LogP contribution in [0.3, 0.4) is 0 Å². The lowest BCUT2D eigenvalue weighted by atomic mass is 9.88. The summed E-state index contributed by atoms with van der Waals surface area (Å²) < 4.78 is 43.6. The van der Waals surface area contributed by atoms with Crippen LogP contribution >= 0.6 is 0 Å². The molecule has 1 saturated heterocycles. The SMILES string of the molecule is C[C@H]1CCN(C(=O)OC(C)(C)C)[C@@H](c2ccc(C(F)(F)F)cc2)C1. The smallest absolute Gasteiger partial charge is 0.416 e. The number of carbonyl (C=O) groups excluding carboxylic acids is 1. The van der Waals surface area contributed by atoms with E-state index < -0.39 is 23.4 Å². The number of nitrogens with zero attached hydrogens (tertiary/aromatic N) is 1. The van der Waals surface area contributed by atoms with Crippen molar-refractivity contribution in [2.75, 3.05) is 6.54 Å². The van der Waals surface area contributed by atoms with Crippen molar-refractivity contribution in [3.05, 3.63) is 35.4 Å². The lowest BCUT2D eigenvalue weighted by molar-refractivity contribution is -0.137. The van der Waals surface area contributed by atoms with Crippen molar-refractivity contribution in [3.8, 4) is 0 Å². The highest BCUT2D eigenvalue weighted by atomic mass is 19.4. The Morgan fingerprint density at radius 2 is 1.75 bits per heavy atom. The molecule has 1 amide bonds. The summed E-state index contributed by atoms with van der Waals surface area (Å²) in [6.07, 6.45) is -3.20. The van der Waals surface area contributed by atoms with Crippen LogP contribution in [0, 0.1) is 5.92 Å². The molecule has 24 heavy (non-hydrogen) atoms. The van der Waals surface area contributed by atoms with E-state index in [0.29, 0.717) is 24.4 Å². The molecule has 1 aromatic carbocycles. The van der Waals surface area contributed by atoms with Gasteiger partial charge in [-0.25, -0.2) is 4.79 Å². The van der Waals surface area contributed by atoms with Gasteiger partial charge in [-0.2, -0.15) is 13.2 Å². The minimum Gasteiger partial charge on any atom is -0.444 e. The zero-order valence-electron chi connectivity index (χ0n) is 14.5. The Balaban J connectivity index is 2.24. The normalized spacial score (nSPS) is 22.4. The molecule has 2 atom stereocenters. The summed E-state index contributed by atoms with van der Waals surface area (Å²) in [6, 6.07) is 4.81. The second-order valence-corrected chi connectivity index (χ2v) is 7.44. The molecule has 0 unspecified atom stereocenters. The minimum absolute atomic E-state index is 0.258. The molecule has 0 bridgehead atoms. The summed E-state index contributed by atoms with van der Waals surface area (Å²) in [5, 5.41) is 0. The van der Waals surface area contributed by atoms with Crippen molar-refractivity contribution in [2.45, 2.75) is 58.4 Å². The van der Waals surface area contributed by atoms with Crippen LogP contribution in [0.2, 0.25) is 0 Å². The molecule has 0 aliphatic carbocycles. The number of hydrogen-bond donors (Lipinski definition) is 0. The standard InChI is InChI=1S/C18H24F3NO2/c1-12-9-10-22(16(23)24-17(2,3)4)15(11-12)13-5-7-14(8-6-13)18(19,20)21/h5-8,12,15H,9-11H2,1-4H3/t12-,15+/m0/s1. The number of piperidine rings is 1. The van der Waals surface area contributed by atoms with E-state index in [1.54, 1.807) is 25.7 Å². The second-order valence-electron chi connectivity index (χ2n) is 7.44. The van der Waals surface area contributed by atoms with Crippen LogP contribution in [-0.4, -0.2) is 23.1 Å². The van der Waals surface area contributed by atoms with Crippen molar-refractivity contribution >= 4 is 6.09 Å². The maximum absolute atomic E-state index is 12.7. The predicted molar refractivity (Wildman–Crippen MR) is 85.5 cm³/mol. The van der Waals surface area contributed by atoms with Crippen LogP contribution in [0.5, 0.6) is 0 Å². The molecule has 6 heteroatoms. The van der Waals surface area contributed by atoms with Gasteiger partial charge in [0, 0.05) is 6.54 Å². The summed E-state index contributed by atoms with van der Waals surface area (Å²) in [7, 11) is 0. The Kier molecular flexibility index (Phi) is 5.16. The highest BCUT2D eigenvalue weighted by molar-refractivity contribution is 5.69. The molecule has 0 radical (unpaired) electrons. The van der Waals surface area contributed by atoms with Gasteiger partial charge in [-0.1, -0.05) is 19.1 Å². The summed E-state index contributed by atoms with van der Waals surface area (Å²) >= 11 is 0. The van der Waals surface area contributed by atoms with E-state index in [4.69, 9.17) is 4.74 Å². The largest absolute Gasteiger partial charge is 0.444 e. The average molecular weight is 343 g/mol. The van der Waals surface area contributed by atoms with E-state index in [-0.39, 0.29) is 6.04 Å². The average Bonchev–Trinajstić information content (AvgIpc) is 2.44. The first-order valence-electron chi connectivity index (χ1n) is 8.14. The summed E-state index contributed by atoms with van der Waals surface area (Å²) in [5.74, 6) is 0.399. The molecule has 134 valence electrons. The Morgan fingerprint density at radius 1 is 1.17 bits per heavy atom. The van der Waals surface area contributed by atoms with Crippen molar-refractivity contribution in [3.63, 3.8) is 0 Å². The molecule has 2 rings (SSSR count). The molecule has 0 saturated carbocycles. The van der Waals surface area contributed by atoms with Crippen LogP contribution in [0.25, 0.3) is 0 Å². The molecule has 0 N–H and O–H groups in total. The van der Waals surface area contributed by atoms with Gasteiger partial charge in [0.25, 0.3) is 0 Å². The van der Waals surface area contributed by atoms with Crippen molar-refractivity contribution < 1.29 is 22.7 Å². The highest BCUT2D eigenvalue weighted by Gasteiger charge is 2.35. The molecule has 1 aliphatic rings. The van der Waals surface area contributed by atoms with Crippen LogP contribution < -0.4 is 0 Å². The third-order valence-electron chi connectivity index (χ3n) is 4.12. The van der Waals surface area contributed by atoms with E-state index in [2.05, 4.69) is 6.92 Å². The Labute approximate surface area is 140 Å². The van der Waals surface area contributed by atoms with Crippen LogP contribution in [0.4, 0.5) is 18.0 Å². The minimum atomic E-state index is -4.36. The lowest BCUT2D eigenvalue weighted by Gasteiger charge is -2.39. The maximum atomic E-state index is 12.7. The third kappa shape index (κ3) is 4.65. The first-order valence-corrected chi connectivity index (χ1v) is 8.14. The van der Waals surface area contributed by atoms with Crippen molar-refractivity contribution in [2.24, 2.45) is 5.92 Å². The predicted octanol–water partition coefficient (Wildman–Crippen LogP) is 5.41. The summed E-state index contributed by atoms with van der Waals surface area (Å²) in [5.41, 5.74) is -0.579. The molecule has 1 aliphatic heterocycles. The van der Waals surface area contributed by atoms with Gasteiger partial charge in [-0.3, -0.25) is 0 Å². The van der Waals surface area contributed by atoms with E-state index in [9.17, 15) is 18.0 Å². The van der Waals surface area contributed by atoms with E-state index in [1.807, 2.05) is 0 Å². The number of amides is 1. The van der Waals surface area contributed by atoms with Gasteiger partial charge >= 0.3 is 12.3 Å². The molecule has 1 fully saturated rings. The Morgan fingerprint density at radius 3 is 2.25 bits per heavy atom. The Hall–Kier alpha value is -1.72. The lowest BCUT2D eigenvalue weighted by Crippen LogP contribution is -2.43. The monoisotopic (exact) mass is 343 g/mol. The molecular formula is C18H24F3NO2. The van der Waals surface area contributed by atoms with Gasteiger partial charge in [0.15, 0.2) is 0 Å². The first kappa shape index (κ1) is 18.6. The Bertz CT molecular complexity index is 575. The van der Waals surface area contributed by atoms with E-state index >= 15 is 0 Å². The molecular weight excluding hydrogens is 319 g/mol. The fourth-order valence-electron chi connectivity index (χ4n) is 2.89. The molecule has 0 spiro atoms. The fourth-order valence-corrected chi connectivity index (χ4v) is 2.89. The number of halogens is 3. The molecule has 1 aromatic rings. The number of ether oxygens (including phenoxy) is 1. The second kappa shape index (κ2) is 6.65. The number of rotatable bonds is 1. The molecule has 0 aromatic heterocycles.